The first-order chi connectivity index (χ1) is 34.6. The van der Waals surface area contributed by atoms with Crippen molar-refractivity contribution in [1.82, 2.24) is 5.32 Å². The molecule has 9 N–H and O–H groups in total. The first kappa shape index (κ1) is 65.1. The highest BCUT2D eigenvalue weighted by Crippen LogP contribution is 2.30. The summed E-state index contributed by atoms with van der Waals surface area (Å²) in [5.74, 6) is -0.286. The molecule has 12 atom stereocenters. The van der Waals surface area contributed by atoms with Gasteiger partial charge in [-0.25, -0.2) is 0 Å². The largest absolute Gasteiger partial charge is 0.394 e. The highest BCUT2D eigenvalue weighted by molar-refractivity contribution is 5.76. The number of hydrogen-bond acceptors (Lipinski definition) is 13. The number of ether oxygens (including phenoxy) is 4. The van der Waals surface area contributed by atoms with Gasteiger partial charge in [0.25, 0.3) is 0 Å². The van der Waals surface area contributed by atoms with Crippen LogP contribution in [0.4, 0.5) is 0 Å². The SMILES string of the molecule is CC/C=C\C/C=C\C/C=C\C/C=C\CCC(=O)NC(COC1OC(CO)C(OC2OC(CO)C(O)C(O)C2O)C(O)C1O)C(O)CCCCCCCCCCCCCCCCCCCCCCCCCC. The van der Waals surface area contributed by atoms with Crippen molar-refractivity contribution >= 4 is 5.91 Å². The number of carbonyl (C=O) groups is 1. The molecule has 0 aromatic rings. The maximum atomic E-state index is 13.2. The van der Waals surface area contributed by atoms with E-state index in [1.165, 1.54) is 128 Å². The van der Waals surface area contributed by atoms with E-state index >= 15 is 0 Å². The third-order valence-electron chi connectivity index (χ3n) is 13.8. The first-order valence-corrected chi connectivity index (χ1v) is 28.4. The normalized spacial score (nSPS) is 26.1. The summed E-state index contributed by atoms with van der Waals surface area (Å²) in [5.41, 5.74) is 0. The molecule has 14 heteroatoms. The molecular formula is C57H103NO13. The minimum absolute atomic E-state index is 0.182. The van der Waals surface area contributed by atoms with Crippen LogP contribution in [0.3, 0.4) is 0 Å². The van der Waals surface area contributed by atoms with Gasteiger partial charge in [-0.1, -0.05) is 217 Å². The highest BCUT2D eigenvalue weighted by Gasteiger charge is 2.51. The van der Waals surface area contributed by atoms with E-state index < -0.39 is 86.8 Å². The lowest BCUT2D eigenvalue weighted by molar-refractivity contribution is -0.359. The Hall–Kier alpha value is -2.05. The molecule has 0 aromatic carbocycles. The van der Waals surface area contributed by atoms with Gasteiger partial charge in [-0.3, -0.25) is 4.79 Å². The second-order valence-corrected chi connectivity index (χ2v) is 20.0. The van der Waals surface area contributed by atoms with Crippen LogP contribution in [0.15, 0.2) is 48.6 Å². The van der Waals surface area contributed by atoms with E-state index in [1.807, 2.05) is 12.2 Å². The zero-order valence-corrected chi connectivity index (χ0v) is 44.2. The van der Waals surface area contributed by atoms with E-state index in [-0.39, 0.29) is 18.9 Å². The Morgan fingerprint density at radius 3 is 1.41 bits per heavy atom. The summed E-state index contributed by atoms with van der Waals surface area (Å²) < 4.78 is 22.7. The topological polar surface area (TPSA) is 228 Å². The predicted molar refractivity (Wildman–Crippen MR) is 281 cm³/mol. The number of unbranched alkanes of at least 4 members (excludes halogenated alkanes) is 23. The molecule has 2 aliphatic rings. The van der Waals surface area contributed by atoms with Gasteiger partial charge >= 0.3 is 0 Å². The van der Waals surface area contributed by atoms with Crippen LogP contribution in [-0.4, -0.2) is 140 Å². The van der Waals surface area contributed by atoms with Crippen molar-refractivity contribution in [2.45, 2.75) is 286 Å². The van der Waals surface area contributed by atoms with E-state index in [9.17, 15) is 45.6 Å². The first-order valence-electron chi connectivity index (χ1n) is 28.4. The van der Waals surface area contributed by atoms with Crippen LogP contribution in [-0.2, 0) is 23.7 Å². The molecular weight excluding hydrogens is 907 g/mol. The molecule has 2 aliphatic heterocycles. The molecule has 0 radical (unpaired) electrons. The molecule has 414 valence electrons. The number of rotatable bonds is 44. The summed E-state index contributed by atoms with van der Waals surface area (Å²) in [6, 6.07) is -0.868. The molecule has 2 fully saturated rings. The standard InChI is InChI=1S/C57H103NO13/c1-3-5-7-9-11-13-15-17-18-19-20-21-22-23-24-25-26-27-29-30-32-34-36-38-40-46(61)45(58-49(62)41-39-37-35-33-31-28-16-14-12-10-8-6-4-2)44-68-56-54(67)52(65)55(48(43-60)70-56)71-57-53(66)51(64)50(63)47(42-59)69-57/h6,8,12,14,28,31,35,37,45-48,50-57,59-61,63-67H,3-5,7,9-11,13,15-27,29-30,32-34,36,38-44H2,1-2H3,(H,58,62)/b8-6-,14-12-,31-28-,37-35-. The van der Waals surface area contributed by atoms with E-state index in [1.54, 1.807) is 0 Å². The average Bonchev–Trinajstić information content (AvgIpc) is 3.37. The molecule has 0 aliphatic carbocycles. The van der Waals surface area contributed by atoms with Gasteiger partial charge in [0.1, 0.15) is 48.8 Å². The van der Waals surface area contributed by atoms with Crippen molar-refractivity contribution < 1.29 is 64.6 Å². The summed E-state index contributed by atoms with van der Waals surface area (Å²) in [4.78, 5) is 13.2. The van der Waals surface area contributed by atoms with Gasteiger partial charge < -0.3 is 65.1 Å². The number of amides is 1. The van der Waals surface area contributed by atoms with Crippen molar-refractivity contribution in [2.24, 2.45) is 0 Å². The summed E-state index contributed by atoms with van der Waals surface area (Å²) in [6.07, 6.45) is 35.7. The second-order valence-electron chi connectivity index (χ2n) is 20.0. The number of allylic oxidation sites excluding steroid dienone is 8. The number of aliphatic hydroxyl groups is 8. The molecule has 2 heterocycles. The van der Waals surface area contributed by atoms with Gasteiger partial charge in [0.15, 0.2) is 12.6 Å². The summed E-state index contributed by atoms with van der Waals surface area (Å²) in [5, 5.41) is 87.0. The maximum absolute atomic E-state index is 13.2. The molecule has 0 spiro atoms. The van der Waals surface area contributed by atoms with Crippen molar-refractivity contribution in [2.75, 3.05) is 19.8 Å². The van der Waals surface area contributed by atoms with Crippen LogP contribution in [0.2, 0.25) is 0 Å². The van der Waals surface area contributed by atoms with E-state index in [0.717, 1.165) is 51.4 Å². The van der Waals surface area contributed by atoms with Crippen LogP contribution in [0.5, 0.6) is 0 Å². The molecule has 1 amide bonds. The molecule has 0 bridgehead atoms. The molecule has 71 heavy (non-hydrogen) atoms. The Morgan fingerprint density at radius 2 is 0.944 bits per heavy atom. The van der Waals surface area contributed by atoms with Crippen LogP contribution in [0, 0.1) is 0 Å². The minimum atomic E-state index is -1.79. The van der Waals surface area contributed by atoms with Crippen molar-refractivity contribution in [1.29, 1.82) is 0 Å². The van der Waals surface area contributed by atoms with Gasteiger partial charge in [0.05, 0.1) is 32.0 Å². The second kappa shape index (κ2) is 43.2. The lowest BCUT2D eigenvalue weighted by atomic mass is 9.97. The molecule has 2 rings (SSSR count). The fourth-order valence-electron chi connectivity index (χ4n) is 9.25. The molecule has 2 saturated heterocycles. The van der Waals surface area contributed by atoms with Gasteiger partial charge in [-0.15, -0.1) is 0 Å². The van der Waals surface area contributed by atoms with Crippen molar-refractivity contribution in [3.8, 4) is 0 Å². The summed E-state index contributed by atoms with van der Waals surface area (Å²) in [7, 11) is 0. The zero-order chi connectivity index (χ0) is 51.7. The predicted octanol–water partition coefficient (Wildman–Crippen LogP) is 8.83. The lowest BCUT2D eigenvalue weighted by Gasteiger charge is -2.46. The third-order valence-corrected chi connectivity index (χ3v) is 13.8. The van der Waals surface area contributed by atoms with E-state index in [4.69, 9.17) is 18.9 Å². The monoisotopic (exact) mass is 1010 g/mol. The van der Waals surface area contributed by atoms with E-state index in [0.29, 0.717) is 12.8 Å². The van der Waals surface area contributed by atoms with Gasteiger partial charge in [0.2, 0.25) is 5.91 Å². The fraction of sp³-hybridized carbons (Fsp3) is 0.842. The Bertz CT molecular complexity index is 1380. The van der Waals surface area contributed by atoms with Gasteiger partial charge in [-0.05, 0) is 38.5 Å². The zero-order valence-electron chi connectivity index (χ0n) is 44.2. The van der Waals surface area contributed by atoms with Gasteiger partial charge in [0, 0.05) is 6.42 Å². The molecule has 0 saturated carbocycles. The third kappa shape index (κ3) is 29.6. The van der Waals surface area contributed by atoms with Crippen LogP contribution in [0.25, 0.3) is 0 Å². The Balaban J connectivity index is 1.76. The fourth-order valence-corrected chi connectivity index (χ4v) is 9.25. The summed E-state index contributed by atoms with van der Waals surface area (Å²) >= 11 is 0. The van der Waals surface area contributed by atoms with Crippen LogP contribution >= 0.6 is 0 Å². The smallest absolute Gasteiger partial charge is 0.220 e. The molecule has 12 unspecified atom stereocenters. The number of carbonyl (C=O) groups excluding carboxylic acids is 1. The summed E-state index contributed by atoms with van der Waals surface area (Å²) in [6.45, 7) is 2.70. The Labute approximate surface area is 429 Å². The molecule has 14 nitrogen and oxygen atoms in total. The quantitative estimate of drug-likeness (QED) is 0.0206. The Morgan fingerprint density at radius 1 is 0.521 bits per heavy atom. The molecule has 0 aromatic heterocycles. The van der Waals surface area contributed by atoms with Crippen LogP contribution < -0.4 is 5.32 Å². The lowest BCUT2D eigenvalue weighted by Crippen LogP contribution is -2.65. The Kier molecular flexibility index (Phi) is 39.6. The minimum Gasteiger partial charge on any atom is -0.394 e. The highest BCUT2D eigenvalue weighted by atomic mass is 16.7. The van der Waals surface area contributed by atoms with Crippen LogP contribution in [0.1, 0.15) is 213 Å². The number of hydrogen-bond donors (Lipinski definition) is 9. The van der Waals surface area contributed by atoms with Crippen molar-refractivity contribution in [3.05, 3.63) is 48.6 Å². The number of nitrogens with one attached hydrogen (secondary N) is 1. The van der Waals surface area contributed by atoms with E-state index in [2.05, 4.69) is 55.6 Å². The number of aliphatic hydroxyl groups excluding tert-OH is 8. The van der Waals surface area contributed by atoms with Gasteiger partial charge in [-0.2, -0.15) is 0 Å². The maximum Gasteiger partial charge on any atom is 0.220 e. The average molecular weight is 1010 g/mol. The van der Waals surface area contributed by atoms with Crippen molar-refractivity contribution in [3.63, 3.8) is 0 Å².